The quantitative estimate of drug-likeness (QED) is 0.454. The van der Waals surface area contributed by atoms with E-state index in [1.165, 1.54) is 0 Å². The molecule has 176 valence electrons. The number of piperazine rings is 1. The fourth-order valence-electron chi connectivity index (χ4n) is 4.14. The van der Waals surface area contributed by atoms with Gasteiger partial charge in [-0.05, 0) is 61.0 Å². The molecule has 34 heavy (non-hydrogen) atoms. The summed E-state index contributed by atoms with van der Waals surface area (Å²) in [6.45, 7) is 4.39. The van der Waals surface area contributed by atoms with Crippen molar-refractivity contribution < 1.29 is 14.3 Å². The van der Waals surface area contributed by atoms with Crippen molar-refractivity contribution in [3.05, 3.63) is 86.8 Å². The smallest absolute Gasteiger partial charge is 0.259 e. The fraction of sp³-hybridized carbons (Fsp3) is 0.231. The van der Waals surface area contributed by atoms with E-state index in [0.717, 1.165) is 15.7 Å². The first kappa shape index (κ1) is 24.1. The van der Waals surface area contributed by atoms with E-state index in [2.05, 4.69) is 26.1 Å². The number of aryl methyl sites for hydroxylation is 1. The predicted molar refractivity (Wildman–Crippen MR) is 139 cm³/mol. The van der Waals surface area contributed by atoms with Crippen molar-refractivity contribution in [3.8, 4) is 5.75 Å². The van der Waals surface area contributed by atoms with E-state index >= 15 is 0 Å². The van der Waals surface area contributed by atoms with E-state index in [9.17, 15) is 9.59 Å². The molecule has 8 heteroatoms. The molecule has 0 atom stereocenters. The summed E-state index contributed by atoms with van der Waals surface area (Å²) in [4.78, 5) is 30.0. The molecule has 0 aliphatic carbocycles. The van der Waals surface area contributed by atoms with Gasteiger partial charge in [0.1, 0.15) is 5.75 Å². The Morgan fingerprint density at radius 2 is 1.68 bits per heavy atom. The van der Waals surface area contributed by atoms with Gasteiger partial charge in [0.05, 0.1) is 24.0 Å². The summed E-state index contributed by atoms with van der Waals surface area (Å²) in [5, 5.41) is 3.65. The minimum absolute atomic E-state index is 0.00461. The lowest BCUT2D eigenvalue weighted by molar-refractivity contribution is 0.0746. The van der Waals surface area contributed by atoms with Gasteiger partial charge in [0.15, 0.2) is 0 Å². The number of hydrogen-bond acceptors (Lipinski definition) is 4. The first-order chi connectivity index (χ1) is 16.4. The zero-order valence-corrected chi connectivity index (χ0v) is 21.3. The first-order valence-electron chi connectivity index (χ1n) is 10.9. The Kier molecular flexibility index (Phi) is 7.44. The molecule has 1 aliphatic heterocycles. The second-order valence-electron chi connectivity index (χ2n) is 8.06. The van der Waals surface area contributed by atoms with Crippen LogP contribution >= 0.6 is 27.5 Å². The molecule has 0 unspecified atom stereocenters. The maximum atomic E-state index is 13.2. The molecular formula is C26H25BrClN3O3. The number of rotatable bonds is 5. The number of methoxy groups -OCH3 is 1. The van der Waals surface area contributed by atoms with Gasteiger partial charge in [-0.3, -0.25) is 9.59 Å². The summed E-state index contributed by atoms with van der Waals surface area (Å²) in [6.07, 6.45) is 0. The SMILES string of the molecule is COc1c(C)cc(Br)cc1C(=O)Nc1ccccc1N1CCN(C(=O)c2ccc(Cl)cc2)CC1. The van der Waals surface area contributed by atoms with E-state index < -0.39 is 0 Å². The third-order valence-electron chi connectivity index (χ3n) is 5.84. The first-order valence-corrected chi connectivity index (χ1v) is 12.1. The topological polar surface area (TPSA) is 61.9 Å². The minimum Gasteiger partial charge on any atom is -0.496 e. The molecule has 1 aliphatic rings. The van der Waals surface area contributed by atoms with Gasteiger partial charge >= 0.3 is 0 Å². The molecule has 1 N–H and O–H groups in total. The normalized spacial score (nSPS) is 13.5. The Bertz CT molecular complexity index is 1210. The highest BCUT2D eigenvalue weighted by Crippen LogP contribution is 2.31. The van der Waals surface area contributed by atoms with Crippen molar-refractivity contribution in [3.63, 3.8) is 0 Å². The van der Waals surface area contributed by atoms with Crippen molar-refractivity contribution in [2.45, 2.75) is 6.92 Å². The van der Waals surface area contributed by atoms with Crippen molar-refractivity contribution in [1.82, 2.24) is 4.90 Å². The molecule has 0 saturated carbocycles. The van der Waals surface area contributed by atoms with Crippen LogP contribution < -0.4 is 15.0 Å². The van der Waals surface area contributed by atoms with Crippen molar-refractivity contribution >= 4 is 50.7 Å². The second-order valence-corrected chi connectivity index (χ2v) is 9.41. The van der Waals surface area contributed by atoms with E-state index in [-0.39, 0.29) is 11.8 Å². The van der Waals surface area contributed by atoms with Crippen LogP contribution in [-0.2, 0) is 0 Å². The van der Waals surface area contributed by atoms with Crippen molar-refractivity contribution in [2.75, 3.05) is 43.5 Å². The molecular weight excluding hydrogens is 518 g/mol. The Morgan fingerprint density at radius 3 is 2.35 bits per heavy atom. The highest BCUT2D eigenvalue weighted by molar-refractivity contribution is 9.10. The van der Waals surface area contributed by atoms with Crippen LogP contribution in [0.4, 0.5) is 11.4 Å². The molecule has 1 fully saturated rings. The lowest BCUT2D eigenvalue weighted by atomic mass is 10.1. The van der Waals surface area contributed by atoms with E-state index in [1.807, 2.05) is 42.2 Å². The molecule has 1 heterocycles. The molecule has 1 saturated heterocycles. The summed E-state index contributed by atoms with van der Waals surface area (Å²) in [5.74, 6) is 0.299. The molecule has 0 spiro atoms. The van der Waals surface area contributed by atoms with Crippen LogP contribution in [0.2, 0.25) is 5.02 Å². The number of amides is 2. The van der Waals surface area contributed by atoms with Crippen LogP contribution in [0.5, 0.6) is 5.75 Å². The van der Waals surface area contributed by atoms with Gasteiger partial charge < -0.3 is 19.9 Å². The molecule has 2 amide bonds. The minimum atomic E-state index is -0.245. The van der Waals surface area contributed by atoms with Gasteiger partial charge in [0.2, 0.25) is 0 Å². The van der Waals surface area contributed by atoms with Crippen LogP contribution in [0, 0.1) is 6.92 Å². The number of anilines is 2. The van der Waals surface area contributed by atoms with E-state index in [1.54, 1.807) is 37.4 Å². The lowest BCUT2D eigenvalue weighted by Gasteiger charge is -2.37. The maximum absolute atomic E-state index is 13.2. The van der Waals surface area contributed by atoms with Gasteiger partial charge in [-0.1, -0.05) is 39.7 Å². The van der Waals surface area contributed by atoms with Gasteiger partial charge in [-0.25, -0.2) is 0 Å². The number of nitrogens with one attached hydrogen (secondary N) is 1. The zero-order valence-electron chi connectivity index (χ0n) is 19.0. The summed E-state index contributed by atoms with van der Waals surface area (Å²) in [5.41, 5.74) is 3.59. The van der Waals surface area contributed by atoms with E-state index in [0.29, 0.717) is 53.8 Å². The molecule has 0 bridgehead atoms. The average Bonchev–Trinajstić information content (AvgIpc) is 2.84. The maximum Gasteiger partial charge on any atom is 0.259 e. The number of benzene rings is 3. The second kappa shape index (κ2) is 10.5. The van der Waals surface area contributed by atoms with Crippen LogP contribution in [0.3, 0.4) is 0 Å². The average molecular weight is 543 g/mol. The van der Waals surface area contributed by atoms with Gasteiger partial charge in [-0.15, -0.1) is 0 Å². The number of carbonyl (C=O) groups excluding carboxylic acids is 2. The van der Waals surface area contributed by atoms with Gasteiger partial charge in [0.25, 0.3) is 11.8 Å². The number of nitrogens with zero attached hydrogens (tertiary/aromatic N) is 2. The molecule has 4 rings (SSSR count). The Labute approximate surface area is 212 Å². The van der Waals surface area contributed by atoms with Crippen LogP contribution in [0.15, 0.2) is 65.1 Å². The molecule has 3 aromatic carbocycles. The van der Waals surface area contributed by atoms with Gasteiger partial charge in [0, 0.05) is 41.2 Å². The third-order valence-corrected chi connectivity index (χ3v) is 6.55. The van der Waals surface area contributed by atoms with Crippen LogP contribution in [0.1, 0.15) is 26.3 Å². The molecule has 0 aromatic heterocycles. The molecule has 6 nitrogen and oxygen atoms in total. The Morgan fingerprint density at radius 1 is 1.00 bits per heavy atom. The fourth-order valence-corrected chi connectivity index (χ4v) is 4.84. The van der Waals surface area contributed by atoms with E-state index in [4.69, 9.17) is 16.3 Å². The number of hydrogen-bond donors (Lipinski definition) is 1. The summed E-state index contributed by atoms with van der Waals surface area (Å²) >= 11 is 9.40. The third kappa shape index (κ3) is 5.21. The number of carbonyl (C=O) groups is 2. The molecule has 0 radical (unpaired) electrons. The summed E-state index contributed by atoms with van der Waals surface area (Å²) < 4.78 is 6.29. The van der Waals surface area contributed by atoms with Crippen molar-refractivity contribution in [2.24, 2.45) is 0 Å². The highest BCUT2D eigenvalue weighted by Gasteiger charge is 2.24. The van der Waals surface area contributed by atoms with Gasteiger partial charge in [-0.2, -0.15) is 0 Å². The zero-order chi connectivity index (χ0) is 24.2. The van der Waals surface area contributed by atoms with Crippen LogP contribution in [0.25, 0.3) is 0 Å². The largest absolute Gasteiger partial charge is 0.496 e. The number of para-hydroxylation sites is 2. The number of ether oxygens (including phenoxy) is 1. The summed E-state index contributed by atoms with van der Waals surface area (Å²) in [6, 6.07) is 18.3. The van der Waals surface area contributed by atoms with Crippen molar-refractivity contribution in [1.29, 1.82) is 0 Å². The summed E-state index contributed by atoms with van der Waals surface area (Å²) in [7, 11) is 1.56. The number of halogens is 2. The van der Waals surface area contributed by atoms with Crippen LogP contribution in [-0.4, -0.2) is 50.0 Å². The monoisotopic (exact) mass is 541 g/mol. The Hall–Kier alpha value is -3.03. The molecule has 3 aromatic rings. The highest BCUT2D eigenvalue weighted by atomic mass is 79.9. The standard InChI is InChI=1S/C26H25BrClN3O3/c1-17-15-19(27)16-21(24(17)34-2)25(32)29-22-5-3-4-6-23(22)30-11-13-31(14-12-30)26(33)18-7-9-20(28)10-8-18/h3-10,15-16H,11-14H2,1-2H3,(H,29,32). The lowest BCUT2D eigenvalue weighted by Crippen LogP contribution is -2.49. The Balaban J connectivity index is 1.48. The predicted octanol–water partition coefficient (Wildman–Crippen LogP) is 5.63.